The van der Waals surface area contributed by atoms with Crippen LogP contribution >= 0.6 is 11.3 Å². The van der Waals surface area contributed by atoms with Gasteiger partial charge in [0.15, 0.2) is 5.13 Å². The minimum atomic E-state index is 0.545. The summed E-state index contributed by atoms with van der Waals surface area (Å²) in [4.78, 5) is 8.95. The van der Waals surface area contributed by atoms with E-state index in [4.69, 9.17) is 5.73 Å². The summed E-state index contributed by atoms with van der Waals surface area (Å²) in [7, 11) is 4.34. The first-order valence-electron chi connectivity index (χ1n) is 5.49. The Morgan fingerprint density at radius 3 is 3.06 bits per heavy atom. The van der Waals surface area contributed by atoms with Crippen molar-refractivity contribution in [2.75, 3.05) is 51.3 Å². The number of anilines is 2. The summed E-state index contributed by atoms with van der Waals surface area (Å²) >= 11 is 1.50. The third-order valence-electron chi connectivity index (χ3n) is 2.99. The molecule has 1 aromatic rings. The lowest BCUT2D eigenvalue weighted by Crippen LogP contribution is -2.52. The number of nitrogen functional groups attached to an aromatic ring is 1. The zero-order chi connectivity index (χ0) is 11.5. The molecule has 1 atom stereocenters. The molecule has 0 radical (unpaired) electrons. The van der Waals surface area contributed by atoms with Gasteiger partial charge in [-0.25, -0.2) is 4.98 Å². The van der Waals surface area contributed by atoms with Gasteiger partial charge < -0.3 is 16.0 Å². The zero-order valence-electron chi connectivity index (χ0n) is 9.81. The van der Waals surface area contributed by atoms with E-state index >= 15 is 0 Å². The lowest BCUT2D eigenvalue weighted by molar-refractivity contribution is 0.122. The molecule has 5 nitrogen and oxygen atoms in total. The maximum atomic E-state index is 5.63. The molecule has 0 bridgehead atoms. The van der Waals surface area contributed by atoms with Crippen molar-refractivity contribution in [3.63, 3.8) is 0 Å². The molecule has 16 heavy (non-hydrogen) atoms. The fourth-order valence-electron chi connectivity index (χ4n) is 1.90. The van der Waals surface area contributed by atoms with Gasteiger partial charge in [0.25, 0.3) is 0 Å². The Kier molecular flexibility index (Phi) is 3.63. The van der Waals surface area contributed by atoms with Gasteiger partial charge in [0.05, 0.1) is 6.20 Å². The number of rotatable bonds is 3. The average Bonchev–Trinajstić information content (AvgIpc) is 2.66. The van der Waals surface area contributed by atoms with E-state index in [1.54, 1.807) is 6.20 Å². The van der Waals surface area contributed by atoms with Gasteiger partial charge in [-0.05, 0) is 14.1 Å². The average molecular weight is 241 g/mol. The van der Waals surface area contributed by atoms with Gasteiger partial charge in [0.1, 0.15) is 5.00 Å². The second-order valence-corrected chi connectivity index (χ2v) is 5.41. The van der Waals surface area contributed by atoms with Gasteiger partial charge >= 0.3 is 0 Å². The summed E-state index contributed by atoms with van der Waals surface area (Å²) in [6.45, 7) is 4.30. The van der Waals surface area contributed by atoms with E-state index in [1.165, 1.54) is 11.3 Å². The monoisotopic (exact) mass is 241 g/mol. The highest BCUT2D eigenvalue weighted by molar-refractivity contribution is 7.19. The van der Waals surface area contributed by atoms with Crippen LogP contribution in [0.1, 0.15) is 0 Å². The Bertz CT molecular complexity index is 340. The zero-order valence-corrected chi connectivity index (χ0v) is 10.6. The topological polar surface area (TPSA) is 57.4 Å². The highest BCUT2D eigenvalue weighted by atomic mass is 32.1. The molecule has 0 spiro atoms. The molecular weight excluding hydrogens is 222 g/mol. The first kappa shape index (κ1) is 11.6. The maximum Gasteiger partial charge on any atom is 0.184 e. The molecule has 6 heteroatoms. The first-order chi connectivity index (χ1) is 7.65. The maximum absolute atomic E-state index is 5.63. The third kappa shape index (κ3) is 2.84. The Balaban J connectivity index is 1.84. The van der Waals surface area contributed by atoms with Crippen molar-refractivity contribution in [1.29, 1.82) is 0 Å². The first-order valence-corrected chi connectivity index (χ1v) is 6.31. The largest absolute Gasteiger partial charge is 0.389 e. The van der Waals surface area contributed by atoms with Gasteiger partial charge in [-0.3, -0.25) is 4.90 Å². The number of nitrogens with one attached hydrogen (secondary N) is 1. The molecule has 90 valence electrons. The molecule has 2 heterocycles. The summed E-state index contributed by atoms with van der Waals surface area (Å²) < 4.78 is 0. The molecule has 2 rings (SSSR count). The lowest BCUT2D eigenvalue weighted by atomic mass is 10.2. The van der Waals surface area contributed by atoms with Gasteiger partial charge in [0.2, 0.25) is 0 Å². The minimum absolute atomic E-state index is 0.545. The van der Waals surface area contributed by atoms with Gasteiger partial charge in [0, 0.05) is 32.2 Å². The van der Waals surface area contributed by atoms with Crippen molar-refractivity contribution in [3.8, 4) is 0 Å². The fraction of sp³-hybridized carbons (Fsp3) is 0.700. The molecule has 1 saturated heterocycles. The standard InChI is InChI=1S/C10H19N5S/c1-14-3-4-15(2)8(7-14)5-12-10-13-6-9(11)16-10/h6,8H,3-5,7,11H2,1-2H3,(H,12,13). The summed E-state index contributed by atoms with van der Waals surface area (Å²) in [6, 6.07) is 0.545. The van der Waals surface area contributed by atoms with Crippen LogP contribution in [-0.2, 0) is 0 Å². The molecule has 1 unspecified atom stereocenters. The van der Waals surface area contributed by atoms with E-state index in [0.29, 0.717) is 6.04 Å². The highest BCUT2D eigenvalue weighted by Crippen LogP contribution is 2.19. The van der Waals surface area contributed by atoms with E-state index in [2.05, 4.69) is 34.2 Å². The molecule has 3 N–H and O–H groups in total. The van der Waals surface area contributed by atoms with Gasteiger partial charge in [-0.2, -0.15) is 0 Å². The van der Waals surface area contributed by atoms with Crippen molar-refractivity contribution in [1.82, 2.24) is 14.8 Å². The van der Waals surface area contributed by atoms with Crippen LogP contribution in [0, 0.1) is 0 Å². The van der Waals surface area contributed by atoms with E-state index in [-0.39, 0.29) is 0 Å². The van der Waals surface area contributed by atoms with Crippen LogP contribution in [0.25, 0.3) is 0 Å². The van der Waals surface area contributed by atoms with Crippen LogP contribution in [0.3, 0.4) is 0 Å². The number of hydrogen-bond donors (Lipinski definition) is 2. The summed E-state index contributed by atoms with van der Waals surface area (Å²) in [6.07, 6.45) is 1.70. The van der Waals surface area contributed by atoms with Crippen LogP contribution in [0.2, 0.25) is 0 Å². The van der Waals surface area contributed by atoms with Crippen LogP contribution in [-0.4, -0.2) is 61.1 Å². The Hall–Kier alpha value is -0.850. The molecule has 1 aliphatic heterocycles. The summed E-state index contributed by atoms with van der Waals surface area (Å²) in [5.41, 5.74) is 5.63. The van der Waals surface area contributed by atoms with Crippen molar-refractivity contribution in [3.05, 3.63) is 6.20 Å². The number of piperazine rings is 1. The molecule has 0 aliphatic carbocycles. The second kappa shape index (κ2) is 4.99. The van der Waals surface area contributed by atoms with E-state index in [1.807, 2.05) is 0 Å². The smallest absolute Gasteiger partial charge is 0.184 e. The molecule has 1 aromatic heterocycles. The van der Waals surface area contributed by atoms with Gasteiger partial charge in [-0.1, -0.05) is 11.3 Å². The predicted molar refractivity (Wildman–Crippen MR) is 68.9 cm³/mol. The number of nitrogens with zero attached hydrogens (tertiary/aromatic N) is 3. The van der Waals surface area contributed by atoms with Crippen molar-refractivity contribution in [2.45, 2.75) is 6.04 Å². The number of hydrogen-bond acceptors (Lipinski definition) is 6. The number of likely N-dealkylation sites (N-methyl/N-ethyl adjacent to an activating group) is 2. The van der Waals surface area contributed by atoms with Crippen molar-refractivity contribution >= 4 is 21.5 Å². The molecular formula is C10H19N5S. The van der Waals surface area contributed by atoms with Crippen LogP contribution in [0.5, 0.6) is 0 Å². The fourth-order valence-corrected chi connectivity index (χ4v) is 2.48. The molecule has 0 aromatic carbocycles. The molecule has 0 amide bonds. The normalized spacial score (nSPS) is 23.5. The molecule has 1 fully saturated rings. The Labute approximate surface area is 100 Å². The van der Waals surface area contributed by atoms with E-state index in [0.717, 1.165) is 36.3 Å². The number of nitrogens with two attached hydrogens (primary N) is 1. The predicted octanol–water partition coefficient (Wildman–Crippen LogP) is 0.383. The van der Waals surface area contributed by atoms with E-state index in [9.17, 15) is 0 Å². The Morgan fingerprint density at radius 1 is 1.56 bits per heavy atom. The van der Waals surface area contributed by atoms with Gasteiger partial charge in [-0.15, -0.1) is 0 Å². The van der Waals surface area contributed by atoms with Crippen molar-refractivity contribution in [2.24, 2.45) is 0 Å². The van der Waals surface area contributed by atoms with Crippen LogP contribution in [0.15, 0.2) is 6.20 Å². The number of thiazole rings is 1. The summed E-state index contributed by atoms with van der Waals surface area (Å²) in [5.74, 6) is 0. The third-order valence-corrected chi connectivity index (χ3v) is 3.78. The number of aromatic nitrogens is 1. The second-order valence-electron chi connectivity index (χ2n) is 4.35. The highest BCUT2D eigenvalue weighted by Gasteiger charge is 2.21. The SMILES string of the molecule is CN1CCN(C)C(CNc2ncc(N)s2)C1. The quantitative estimate of drug-likeness (QED) is 0.801. The molecule has 0 saturated carbocycles. The Morgan fingerprint density at radius 2 is 2.38 bits per heavy atom. The van der Waals surface area contributed by atoms with Crippen LogP contribution < -0.4 is 11.1 Å². The summed E-state index contributed by atoms with van der Waals surface area (Å²) in [5, 5.41) is 5.02. The molecule has 1 aliphatic rings. The van der Waals surface area contributed by atoms with Crippen molar-refractivity contribution < 1.29 is 0 Å². The minimum Gasteiger partial charge on any atom is -0.389 e. The van der Waals surface area contributed by atoms with Crippen LogP contribution in [0.4, 0.5) is 10.1 Å². The lowest BCUT2D eigenvalue weighted by Gasteiger charge is -2.37. The van der Waals surface area contributed by atoms with E-state index < -0.39 is 0 Å².